The molecule has 102 valence electrons. The summed E-state index contributed by atoms with van der Waals surface area (Å²) in [4.78, 5) is 24.9. The fourth-order valence-corrected chi connectivity index (χ4v) is 2.68. The number of nitrogens with zero attached hydrogens (tertiary/aromatic N) is 1. The molecule has 18 heavy (non-hydrogen) atoms. The zero-order valence-electron chi connectivity index (χ0n) is 10.9. The predicted molar refractivity (Wildman–Crippen MR) is 67.1 cm³/mol. The van der Waals surface area contributed by atoms with E-state index in [9.17, 15) is 9.59 Å². The molecule has 2 aliphatic rings. The highest BCUT2D eigenvalue weighted by Gasteiger charge is 2.48. The number of carbonyl (C=O) groups is 2. The molecule has 2 rings (SSSR count). The van der Waals surface area contributed by atoms with E-state index < -0.39 is 11.9 Å². The van der Waals surface area contributed by atoms with Crippen LogP contribution in [0.4, 0.5) is 0 Å². The molecule has 1 amide bonds. The fourth-order valence-electron chi connectivity index (χ4n) is 2.68. The molecule has 1 aliphatic heterocycles. The van der Waals surface area contributed by atoms with Gasteiger partial charge in [0.25, 0.3) is 0 Å². The van der Waals surface area contributed by atoms with Gasteiger partial charge in [0.2, 0.25) is 5.91 Å². The summed E-state index contributed by atoms with van der Waals surface area (Å²) in [6.45, 7) is 5.37. The van der Waals surface area contributed by atoms with Crippen molar-refractivity contribution in [2.45, 2.75) is 38.6 Å². The van der Waals surface area contributed by atoms with Crippen molar-refractivity contribution >= 4 is 11.9 Å². The number of carboxylic acids is 1. The minimum Gasteiger partial charge on any atom is -0.481 e. The summed E-state index contributed by atoms with van der Waals surface area (Å²) in [6.07, 6.45) is 3.64. The Morgan fingerprint density at radius 3 is 2.44 bits per heavy atom. The number of amides is 1. The maximum atomic E-state index is 11.8. The molecule has 5 heteroatoms. The van der Waals surface area contributed by atoms with Crippen molar-refractivity contribution in [3.8, 4) is 0 Å². The van der Waals surface area contributed by atoms with E-state index in [4.69, 9.17) is 5.11 Å². The first kappa shape index (κ1) is 13.3. The molecule has 2 atom stereocenters. The van der Waals surface area contributed by atoms with Crippen molar-refractivity contribution in [2.75, 3.05) is 19.6 Å². The minimum absolute atomic E-state index is 0.0589. The Kier molecular flexibility index (Phi) is 4.22. The third kappa shape index (κ3) is 3.22. The number of likely N-dealkylation sites (tertiary alicyclic amines) is 1. The molecule has 2 N–H and O–H groups in total. The SMILES string of the molecule is CCCN1CCC(NC(=O)C2CC2C(=O)O)CC1. The maximum absolute atomic E-state index is 11.8. The third-order valence-electron chi connectivity index (χ3n) is 3.92. The van der Waals surface area contributed by atoms with Crippen molar-refractivity contribution in [3.05, 3.63) is 0 Å². The lowest BCUT2D eigenvalue weighted by Gasteiger charge is -2.32. The van der Waals surface area contributed by atoms with Crippen LogP contribution in [0.2, 0.25) is 0 Å². The molecular formula is C13H22N2O3. The highest BCUT2D eigenvalue weighted by Crippen LogP contribution is 2.38. The number of rotatable bonds is 5. The quantitative estimate of drug-likeness (QED) is 0.757. The van der Waals surface area contributed by atoms with Gasteiger partial charge in [0.15, 0.2) is 0 Å². The van der Waals surface area contributed by atoms with Crippen LogP contribution in [0.25, 0.3) is 0 Å². The topological polar surface area (TPSA) is 69.6 Å². The summed E-state index contributed by atoms with van der Waals surface area (Å²) >= 11 is 0. The van der Waals surface area contributed by atoms with Crippen LogP contribution >= 0.6 is 0 Å². The molecule has 1 aliphatic carbocycles. The summed E-state index contributed by atoms with van der Waals surface area (Å²) in [7, 11) is 0. The van der Waals surface area contributed by atoms with Crippen LogP contribution in [-0.2, 0) is 9.59 Å². The van der Waals surface area contributed by atoms with E-state index in [1.165, 1.54) is 6.42 Å². The number of carbonyl (C=O) groups excluding carboxylic acids is 1. The Hall–Kier alpha value is -1.10. The lowest BCUT2D eigenvalue weighted by atomic mass is 10.0. The molecule has 0 radical (unpaired) electrons. The van der Waals surface area contributed by atoms with Gasteiger partial charge in [0, 0.05) is 19.1 Å². The van der Waals surface area contributed by atoms with Crippen LogP contribution < -0.4 is 5.32 Å². The average molecular weight is 254 g/mol. The second-order valence-corrected chi connectivity index (χ2v) is 5.41. The van der Waals surface area contributed by atoms with E-state index in [2.05, 4.69) is 17.1 Å². The molecule has 0 aromatic carbocycles. The fraction of sp³-hybridized carbons (Fsp3) is 0.846. The maximum Gasteiger partial charge on any atom is 0.307 e. The van der Waals surface area contributed by atoms with Gasteiger partial charge in [0.1, 0.15) is 0 Å². The summed E-state index contributed by atoms with van der Waals surface area (Å²) in [5, 5.41) is 11.8. The number of piperidine rings is 1. The molecule has 1 saturated carbocycles. The second kappa shape index (κ2) is 5.69. The molecule has 0 aromatic heterocycles. The van der Waals surface area contributed by atoms with Crippen molar-refractivity contribution in [1.82, 2.24) is 10.2 Å². The van der Waals surface area contributed by atoms with E-state index in [-0.39, 0.29) is 17.9 Å². The van der Waals surface area contributed by atoms with E-state index in [0.29, 0.717) is 6.42 Å². The first-order valence-electron chi connectivity index (χ1n) is 6.87. The molecule has 0 bridgehead atoms. The van der Waals surface area contributed by atoms with Crippen molar-refractivity contribution in [1.29, 1.82) is 0 Å². The Labute approximate surface area is 108 Å². The molecule has 2 fully saturated rings. The predicted octanol–water partition coefficient (Wildman–Crippen LogP) is 0.698. The van der Waals surface area contributed by atoms with Crippen LogP contribution in [0.3, 0.4) is 0 Å². The molecular weight excluding hydrogens is 232 g/mol. The van der Waals surface area contributed by atoms with Gasteiger partial charge in [-0.25, -0.2) is 0 Å². The zero-order chi connectivity index (χ0) is 13.1. The van der Waals surface area contributed by atoms with Gasteiger partial charge in [-0.05, 0) is 32.2 Å². The van der Waals surface area contributed by atoms with Gasteiger partial charge in [-0.1, -0.05) is 6.92 Å². The van der Waals surface area contributed by atoms with Crippen molar-refractivity contribution < 1.29 is 14.7 Å². The molecule has 1 saturated heterocycles. The minimum atomic E-state index is -0.840. The molecule has 5 nitrogen and oxygen atoms in total. The monoisotopic (exact) mass is 254 g/mol. The summed E-state index contributed by atoms with van der Waals surface area (Å²) in [5.41, 5.74) is 0. The summed E-state index contributed by atoms with van der Waals surface area (Å²) < 4.78 is 0. The Morgan fingerprint density at radius 2 is 1.94 bits per heavy atom. The molecule has 0 spiro atoms. The van der Waals surface area contributed by atoms with Gasteiger partial charge in [-0.3, -0.25) is 9.59 Å². The van der Waals surface area contributed by atoms with Crippen molar-refractivity contribution in [2.24, 2.45) is 11.8 Å². The van der Waals surface area contributed by atoms with Gasteiger partial charge in [0.05, 0.1) is 11.8 Å². The first-order valence-corrected chi connectivity index (χ1v) is 6.87. The smallest absolute Gasteiger partial charge is 0.307 e. The van der Waals surface area contributed by atoms with Gasteiger partial charge >= 0.3 is 5.97 Å². The standard InChI is InChI=1S/C13H22N2O3/c1-2-5-15-6-3-9(4-7-15)14-12(16)10-8-11(10)13(17)18/h9-11H,2-8H2,1H3,(H,14,16)(H,17,18). The Morgan fingerprint density at radius 1 is 1.28 bits per heavy atom. The lowest BCUT2D eigenvalue weighted by molar-refractivity contribution is -0.140. The van der Waals surface area contributed by atoms with E-state index in [0.717, 1.165) is 32.5 Å². The third-order valence-corrected chi connectivity index (χ3v) is 3.92. The Balaban J connectivity index is 1.69. The number of hydrogen-bond donors (Lipinski definition) is 2. The van der Waals surface area contributed by atoms with E-state index in [1.807, 2.05) is 0 Å². The number of carboxylic acid groups (broad SMARTS) is 1. The lowest BCUT2D eigenvalue weighted by Crippen LogP contribution is -2.45. The van der Waals surface area contributed by atoms with Gasteiger partial charge in [-0.15, -0.1) is 0 Å². The van der Waals surface area contributed by atoms with Crippen LogP contribution in [0.5, 0.6) is 0 Å². The molecule has 1 heterocycles. The number of hydrogen-bond acceptors (Lipinski definition) is 3. The Bertz CT molecular complexity index is 324. The van der Waals surface area contributed by atoms with Gasteiger partial charge in [-0.2, -0.15) is 0 Å². The normalized spacial score (nSPS) is 28.9. The highest BCUT2D eigenvalue weighted by molar-refractivity contribution is 5.89. The van der Waals surface area contributed by atoms with Crippen LogP contribution in [-0.4, -0.2) is 47.6 Å². The molecule has 0 aromatic rings. The second-order valence-electron chi connectivity index (χ2n) is 5.41. The van der Waals surface area contributed by atoms with Crippen LogP contribution in [0.1, 0.15) is 32.6 Å². The van der Waals surface area contributed by atoms with Crippen LogP contribution in [0.15, 0.2) is 0 Å². The first-order chi connectivity index (χ1) is 8.61. The van der Waals surface area contributed by atoms with Crippen LogP contribution in [0, 0.1) is 11.8 Å². The summed E-state index contributed by atoms with van der Waals surface area (Å²) in [5.74, 6) is -1.62. The largest absolute Gasteiger partial charge is 0.481 e. The summed E-state index contributed by atoms with van der Waals surface area (Å²) in [6, 6.07) is 0.237. The number of nitrogens with one attached hydrogen (secondary N) is 1. The van der Waals surface area contributed by atoms with Crippen molar-refractivity contribution in [3.63, 3.8) is 0 Å². The zero-order valence-corrected chi connectivity index (χ0v) is 10.9. The average Bonchev–Trinajstić information content (AvgIpc) is 3.12. The van der Waals surface area contributed by atoms with E-state index in [1.54, 1.807) is 0 Å². The highest BCUT2D eigenvalue weighted by atomic mass is 16.4. The van der Waals surface area contributed by atoms with E-state index >= 15 is 0 Å². The van der Waals surface area contributed by atoms with Gasteiger partial charge < -0.3 is 15.3 Å². The molecule has 2 unspecified atom stereocenters. The number of aliphatic carboxylic acids is 1.